The number of rotatable bonds is 0. The summed E-state index contributed by atoms with van der Waals surface area (Å²) in [4.78, 5) is 24.1. The van der Waals surface area contributed by atoms with E-state index in [-0.39, 0.29) is 17.4 Å². The van der Waals surface area contributed by atoms with Crippen LogP contribution in [0.4, 0.5) is 0 Å². The summed E-state index contributed by atoms with van der Waals surface area (Å²) in [7, 11) is 0. The summed E-state index contributed by atoms with van der Waals surface area (Å²) in [5.41, 5.74) is -1.05. The van der Waals surface area contributed by atoms with E-state index in [0.29, 0.717) is 12.8 Å². The molecule has 0 spiro atoms. The number of ether oxygens (including phenoxy) is 1. The van der Waals surface area contributed by atoms with E-state index in [9.17, 15) is 9.59 Å². The van der Waals surface area contributed by atoms with Gasteiger partial charge < -0.3 is 4.74 Å². The van der Waals surface area contributed by atoms with Gasteiger partial charge in [-0.15, -0.1) is 0 Å². The molecule has 0 amide bonds. The van der Waals surface area contributed by atoms with Crippen LogP contribution < -0.4 is 0 Å². The Morgan fingerprint density at radius 2 is 1.44 bits per heavy atom. The van der Waals surface area contributed by atoms with Crippen LogP contribution in [0.15, 0.2) is 12.2 Å². The Bertz CT molecular complexity index is 385. The molecule has 0 aromatic rings. The number of carbonyl (C=O) groups excluding carboxylic acids is 2. The fourth-order valence-corrected chi connectivity index (χ4v) is 4.12. The van der Waals surface area contributed by atoms with Gasteiger partial charge >= 0.3 is 11.9 Å². The van der Waals surface area contributed by atoms with E-state index in [1.807, 2.05) is 12.2 Å². The number of allylic oxidation sites excluding steroid dienone is 2. The van der Waals surface area contributed by atoms with Crippen LogP contribution in [0.1, 0.15) is 39.5 Å². The Hall–Kier alpha value is -1.12. The third-order valence-corrected chi connectivity index (χ3v) is 4.54. The molecule has 3 nitrogen and oxygen atoms in total. The Kier molecular flexibility index (Phi) is 1.62. The van der Waals surface area contributed by atoms with Crippen molar-refractivity contribution in [3.8, 4) is 0 Å². The minimum atomic E-state index is -0.553. The molecule has 0 bridgehead atoms. The molecular formula is C13H16O3. The molecule has 86 valence electrons. The molecule has 0 radical (unpaired) electrons. The summed E-state index contributed by atoms with van der Waals surface area (Å²) in [6.45, 7) is 4.28. The normalized spacial score (nSPS) is 44.1. The highest BCUT2D eigenvalue weighted by atomic mass is 16.6. The van der Waals surface area contributed by atoms with Crippen molar-refractivity contribution in [2.75, 3.05) is 0 Å². The fourth-order valence-electron chi connectivity index (χ4n) is 4.12. The second-order valence-electron chi connectivity index (χ2n) is 6.24. The van der Waals surface area contributed by atoms with Crippen LogP contribution in [0.2, 0.25) is 0 Å². The van der Waals surface area contributed by atoms with Gasteiger partial charge in [0, 0.05) is 0 Å². The zero-order chi connectivity index (χ0) is 11.6. The van der Waals surface area contributed by atoms with Crippen molar-refractivity contribution >= 4 is 11.9 Å². The van der Waals surface area contributed by atoms with Crippen molar-refractivity contribution in [2.45, 2.75) is 39.5 Å². The first kappa shape index (κ1) is 10.1. The van der Waals surface area contributed by atoms with Gasteiger partial charge in [0.25, 0.3) is 0 Å². The van der Waals surface area contributed by atoms with Crippen molar-refractivity contribution in [2.24, 2.45) is 16.2 Å². The average Bonchev–Trinajstić information content (AvgIpc) is 2.55. The topological polar surface area (TPSA) is 43.4 Å². The van der Waals surface area contributed by atoms with E-state index in [1.54, 1.807) is 0 Å². The molecule has 16 heavy (non-hydrogen) atoms. The molecule has 1 heterocycles. The molecule has 0 aromatic heterocycles. The number of cyclic esters (lactones) is 2. The van der Waals surface area contributed by atoms with Gasteiger partial charge in [0.15, 0.2) is 0 Å². The van der Waals surface area contributed by atoms with Gasteiger partial charge in [0.05, 0.1) is 10.8 Å². The summed E-state index contributed by atoms with van der Waals surface area (Å²) < 4.78 is 4.93. The number of esters is 2. The van der Waals surface area contributed by atoms with Crippen molar-refractivity contribution in [3.05, 3.63) is 12.2 Å². The third kappa shape index (κ3) is 0.902. The van der Waals surface area contributed by atoms with Crippen LogP contribution in [0.25, 0.3) is 0 Å². The molecule has 2 aliphatic carbocycles. The van der Waals surface area contributed by atoms with Crippen LogP contribution >= 0.6 is 0 Å². The van der Waals surface area contributed by atoms with Gasteiger partial charge in [0.2, 0.25) is 0 Å². The second kappa shape index (κ2) is 2.58. The molecule has 3 heteroatoms. The van der Waals surface area contributed by atoms with Crippen LogP contribution in [-0.4, -0.2) is 11.9 Å². The largest absolute Gasteiger partial charge is 0.392 e. The van der Waals surface area contributed by atoms with Gasteiger partial charge in [-0.3, -0.25) is 9.59 Å². The van der Waals surface area contributed by atoms with Crippen molar-refractivity contribution < 1.29 is 14.3 Å². The van der Waals surface area contributed by atoms with Crippen LogP contribution in [0.5, 0.6) is 0 Å². The summed E-state index contributed by atoms with van der Waals surface area (Å²) in [5.74, 6) is -0.570. The molecule has 3 rings (SSSR count). The smallest absolute Gasteiger partial charge is 0.321 e. The van der Waals surface area contributed by atoms with Crippen LogP contribution in [0, 0.1) is 16.2 Å². The molecule has 0 unspecified atom stereocenters. The first-order valence-corrected chi connectivity index (χ1v) is 5.84. The lowest BCUT2D eigenvalue weighted by Gasteiger charge is -2.35. The van der Waals surface area contributed by atoms with Gasteiger partial charge in [-0.05, 0) is 31.1 Å². The second-order valence-corrected chi connectivity index (χ2v) is 6.24. The Labute approximate surface area is 94.8 Å². The SMILES string of the molecule is CC1(C)C[C@]23CC=CC[C@@]2(C1)C(=O)OC3=O. The van der Waals surface area contributed by atoms with Crippen LogP contribution in [-0.2, 0) is 14.3 Å². The van der Waals surface area contributed by atoms with Crippen LogP contribution in [0.3, 0.4) is 0 Å². The molecule has 0 aromatic carbocycles. The number of carbonyl (C=O) groups is 2. The monoisotopic (exact) mass is 220 g/mol. The van der Waals surface area contributed by atoms with Crippen molar-refractivity contribution in [1.82, 2.24) is 0 Å². The zero-order valence-corrected chi connectivity index (χ0v) is 9.71. The fraction of sp³-hybridized carbons (Fsp3) is 0.692. The van der Waals surface area contributed by atoms with Gasteiger partial charge in [-0.1, -0.05) is 26.0 Å². The minimum absolute atomic E-state index is 0.0567. The molecule has 1 aliphatic heterocycles. The van der Waals surface area contributed by atoms with E-state index in [4.69, 9.17) is 4.74 Å². The third-order valence-electron chi connectivity index (χ3n) is 4.54. The van der Waals surface area contributed by atoms with Gasteiger partial charge in [-0.25, -0.2) is 0 Å². The van der Waals surface area contributed by atoms with E-state index >= 15 is 0 Å². The molecule has 1 saturated carbocycles. The minimum Gasteiger partial charge on any atom is -0.392 e. The highest BCUT2D eigenvalue weighted by molar-refractivity contribution is 6.03. The highest BCUT2D eigenvalue weighted by Gasteiger charge is 2.73. The lowest BCUT2D eigenvalue weighted by Crippen LogP contribution is -2.41. The first-order chi connectivity index (χ1) is 7.42. The maximum atomic E-state index is 12.0. The molecule has 2 atom stereocenters. The van der Waals surface area contributed by atoms with Crippen molar-refractivity contribution in [3.63, 3.8) is 0 Å². The molecule has 2 fully saturated rings. The lowest BCUT2D eigenvalue weighted by atomic mass is 9.61. The predicted octanol–water partition coefficient (Wildman–Crippen LogP) is 2.21. The quantitative estimate of drug-likeness (QED) is 0.357. The Morgan fingerprint density at radius 1 is 1.00 bits per heavy atom. The first-order valence-electron chi connectivity index (χ1n) is 5.84. The van der Waals surface area contributed by atoms with Crippen molar-refractivity contribution in [1.29, 1.82) is 0 Å². The zero-order valence-electron chi connectivity index (χ0n) is 9.71. The van der Waals surface area contributed by atoms with E-state index in [0.717, 1.165) is 12.8 Å². The highest BCUT2D eigenvalue weighted by Crippen LogP contribution is 2.68. The van der Waals surface area contributed by atoms with E-state index < -0.39 is 10.8 Å². The maximum absolute atomic E-state index is 12.0. The number of hydrogen-bond acceptors (Lipinski definition) is 3. The molecule has 3 aliphatic rings. The maximum Gasteiger partial charge on any atom is 0.321 e. The standard InChI is InChI=1S/C13H16O3/c1-11(2)7-12-5-3-4-6-13(12,8-11)10(15)16-9(12)14/h3-4H,5-8H2,1-2H3/t12-,13+. The summed E-state index contributed by atoms with van der Waals surface area (Å²) >= 11 is 0. The lowest BCUT2D eigenvalue weighted by molar-refractivity contribution is -0.157. The average molecular weight is 220 g/mol. The Balaban J connectivity index is 2.20. The van der Waals surface area contributed by atoms with E-state index in [1.165, 1.54) is 0 Å². The van der Waals surface area contributed by atoms with Gasteiger partial charge in [-0.2, -0.15) is 0 Å². The predicted molar refractivity (Wildman–Crippen MR) is 57.4 cm³/mol. The molecular weight excluding hydrogens is 204 g/mol. The molecule has 0 N–H and O–H groups in total. The number of hydrogen-bond donors (Lipinski definition) is 0. The summed E-state index contributed by atoms with van der Waals surface area (Å²) in [6, 6.07) is 0. The van der Waals surface area contributed by atoms with E-state index in [2.05, 4.69) is 13.8 Å². The summed E-state index contributed by atoms with van der Waals surface area (Å²) in [5, 5.41) is 0. The van der Waals surface area contributed by atoms with Gasteiger partial charge in [0.1, 0.15) is 0 Å². The molecule has 1 saturated heterocycles. The summed E-state index contributed by atoms with van der Waals surface area (Å²) in [6.07, 6.45) is 6.94. The Morgan fingerprint density at radius 3 is 1.88 bits per heavy atom.